The van der Waals surface area contributed by atoms with E-state index in [9.17, 15) is 9.59 Å². The fourth-order valence-corrected chi connectivity index (χ4v) is 4.05. The number of aromatic nitrogens is 2. The molecule has 1 fully saturated rings. The van der Waals surface area contributed by atoms with Crippen molar-refractivity contribution in [3.05, 3.63) is 17.0 Å². The van der Waals surface area contributed by atoms with Gasteiger partial charge in [0.1, 0.15) is 11.3 Å². The standard InChI is InChI=1S/C20H32N4O3/c1-20(2,3)27-19(26)24-12-11-16-15(13-24)17(23(5)21-16)18(25)22(4)14-9-7-6-8-10-14/h14H,6-13H2,1-5H3. The predicted molar refractivity (Wildman–Crippen MR) is 103 cm³/mol. The molecule has 7 nitrogen and oxygen atoms in total. The van der Waals surface area contributed by atoms with E-state index in [-0.39, 0.29) is 12.0 Å². The summed E-state index contributed by atoms with van der Waals surface area (Å²) in [6.07, 6.45) is 6.04. The lowest BCUT2D eigenvalue weighted by atomic mass is 9.94. The lowest BCUT2D eigenvalue weighted by Crippen LogP contribution is -2.42. The van der Waals surface area contributed by atoms with Gasteiger partial charge in [-0.25, -0.2) is 4.79 Å². The Bertz CT molecular complexity index is 714. The van der Waals surface area contributed by atoms with E-state index in [0.717, 1.165) is 24.1 Å². The van der Waals surface area contributed by atoms with Crippen LogP contribution in [-0.4, -0.2) is 56.8 Å². The summed E-state index contributed by atoms with van der Waals surface area (Å²) in [7, 11) is 3.71. The summed E-state index contributed by atoms with van der Waals surface area (Å²) in [6.45, 7) is 6.51. The average molecular weight is 377 g/mol. The number of rotatable bonds is 2. The first-order valence-electron chi connectivity index (χ1n) is 9.97. The van der Waals surface area contributed by atoms with E-state index < -0.39 is 5.60 Å². The molecule has 27 heavy (non-hydrogen) atoms. The second-order valence-corrected chi connectivity index (χ2v) is 8.76. The fourth-order valence-electron chi connectivity index (χ4n) is 4.05. The molecule has 0 atom stereocenters. The topological polar surface area (TPSA) is 67.7 Å². The zero-order chi connectivity index (χ0) is 19.8. The molecule has 1 aromatic rings. The number of fused-ring (bicyclic) bond motifs is 1. The summed E-state index contributed by atoms with van der Waals surface area (Å²) >= 11 is 0. The van der Waals surface area contributed by atoms with Crippen molar-refractivity contribution >= 4 is 12.0 Å². The summed E-state index contributed by atoms with van der Waals surface area (Å²) in [5.41, 5.74) is 1.85. The van der Waals surface area contributed by atoms with Crippen molar-refractivity contribution in [2.24, 2.45) is 7.05 Å². The molecule has 0 radical (unpaired) electrons. The Balaban J connectivity index is 1.80. The van der Waals surface area contributed by atoms with Crippen LogP contribution < -0.4 is 0 Å². The maximum Gasteiger partial charge on any atom is 0.410 e. The molecule has 1 aromatic heterocycles. The van der Waals surface area contributed by atoms with Gasteiger partial charge in [0.05, 0.1) is 12.2 Å². The summed E-state index contributed by atoms with van der Waals surface area (Å²) in [6, 6.07) is 0.294. The number of hydrogen-bond donors (Lipinski definition) is 0. The molecule has 150 valence electrons. The summed E-state index contributed by atoms with van der Waals surface area (Å²) in [5, 5.41) is 4.56. The SMILES string of the molecule is CN(C(=O)c1c2c(nn1C)CCN(C(=O)OC(C)(C)C)C2)C1CCCCC1. The molecule has 0 unspecified atom stereocenters. The zero-order valence-corrected chi connectivity index (χ0v) is 17.2. The number of aryl methyl sites for hydroxylation is 1. The molecule has 2 heterocycles. The van der Waals surface area contributed by atoms with E-state index in [2.05, 4.69) is 5.10 Å². The molecule has 0 saturated heterocycles. The number of ether oxygens (including phenoxy) is 1. The van der Waals surface area contributed by atoms with Crippen LogP contribution in [0.4, 0.5) is 4.79 Å². The lowest BCUT2D eigenvalue weighted by Gasteiger charge is -2.32. The van der Waals surface area contributed by atoms with Crippen molar-refractivity contribution in [2.75, 3.05) is 13.6 Å². The van der Waals surface area contributed by atoms with E-state index in [0.29, 0.717) is 31.2 Å². The minimum atomic E-state index is -0.536. The highest BCUT2D eigenvalue weighted by Gasteiger charge is 2.33. The molecule has 0 spiro atoms. The second kappa shape index (κ2) is 7.52. The van der Waals surface area contributed by atoms with Crippen LogP contribution in [0.25, 0.3) is 0 Å². The van der Waals surface area contributed by atoms with Crippen LogP contribution in [0.1, 0.15) is 74.6 Å². The molecule has 0 bridgehead atoms. The van der Waals surface area contributed by atoms with Crippen LogP contribution in [0.3, 0.4) is 0 Å². The van der Waals surface area contributed by atoms with E-state index in [1.54, 1.807) is 9.58 Å². The quantitative estimate of drug-likeness (QED) is 0.795. The van der Waals surface area contributed by atoms with Crippen molar-refractivity contribution in [3.8, 4) is 0 Å². The van der Waals surface area contributed by atoms with Crippen molar-refractivity contribution in [2.45, 2.75) is 77.5 Å². The maximum absolute atomic E-state index is 13.2. The normalized spacial score (nSPS) is 18.2. The lowest BCUT2D eigenvalue weighted by molar-refractivity contribution is 0.0221. The first kappa shape index (κ1) is 19.7. The van der Waals surface area contributed by atoms with Gasteiger partial charge in [0.25, 0.3) is 5.91 Å². The minimum absolute atomic E-state index is 0.00388. The highest BCUT2D eigenvalue weighted by atomic mass is 16.6. The smallest absolute Gasteiger partial charge is 0.410 e. The third-order valence-corrected chi connectivity index (χ3v) is 5.49. The Morgan fingerprint density at radius 1 is 1.19 bits per heavy atom. The van der Waals surface area contributed by atoms with Crippen molar-refractivity contribution in [1.29, 1.82) is 0 Å². The molecule has 7 heteroatoms. The van der Waals surface area contributed by atoms with Gasteiger partial charge in [-0.2, -0.15) is 5.10 Å². The largest absolute Gasteiger partial charge is 0.444 e. The van der Waals surface area contributed by atoms with Gasteiger partial charge in [-0.05, 0) is 33.6 Å². The number of nitrogens with zero attached hydrogens (tertiary/aromatic N) is 4. The molecule has 2 aliphatic rings. The average Bonchev–Trinajstić information content (AvgIpc) is 2.94. The molecule has 1 aliphatic carbocycles. The number of hydrogen-bond acceptors (Lipinski definition) is 4. The summed E-state index contributed by atoms with van der Waals surface area (Å²) in [5.74, 6) is 0.00388. The Hall–Kier alpha value is -2.05. The highest BCUT2D eigenvalue weighted by Crippen LogP contribution is 2.27. The van der Waals surface area contributed by atoms with Crippen LogP contribution >= 0.6 is 0 Å². The third-order valence-electron chi connectivity index (χ3n) is 5.49. The molecule has 1 aliphatic heterocycles. The third kappa shape index (κ3) is 4.28. The van der Waals surface area contributed by atoms with Gasteiger partial charge in [-0.15, -0.1) is 0 Å². The molecule has 2 amide bonds. The minimum Gasteiger partial charge on any atom is -0.444 e. The fraction of sp³-hybridized carbons (Fsp3) is 0.750. The molecule has 3 rings (SSSR count). The van der Waals surface area contributed by atoms with Crippen LogP contribution in [0.2, 0.25) is 0 Å². The van der Waals surface area contributed by atoms with Crippen LogP contribution in [0.5, 0.6) is 0 Å². The van der Waals surface area contributed by atoms with Gasteiger partial charge < -0.3 is 14.5 Å². The van der Waals surface area contributed by atoms with Gasteiger partial charge in [-0.3, -0.25) is 9.48 Å². The van der Waals surface area contributed by atoms with Gasteiger partial charge >= 0.3 is 6.09 Å². The van der Waals surface area contributed by atoms with E-state index >= 15 is 0 Å². The Kier molecular flexibility index (Phi) is 5.49. The zero-order valence-electron chi connectivity index (χ0n) is 17.2. The molecule has 1 saturated carbocycles. The van der Waals surface area contributed by atoms with E-state index in [4.69, 9.17) is 4.74 Å². The van der Waals surface area contributed by atoms with Crippen LogP contribution in [0, 0.1) is 0 Å². The van der Waals surface area contributed by atoms with Crippen LogP contribution in [-0.2, 0) is 24.8 Å². The first-order valence-corrected chi connectivity index (χ1v) is 9.97. The van der Waals surface area contributed by atoms with Crippen LogP contribution in [0.15, 0.2) is 0 Å². The molecular formula is C20H32N4O3. The summed E-state index contributed by atoms with van der Waals surface area (Å²) < 4.78 is 7.19. The molecule has 0 aromatic carbocycles. The molecule has 0 N–H and O–H groups in total. The maximum atomic E-state index is 13.2. The van der Waals surface area contributed by atoms with Gasteiger partial charge in [0.15, 0.2) is 0 Å². The monoisotopic (exact) mass is 376 g/mol. The molecular weight excluding hydrogens is 344 g/mol. The van der Waals surface area contributed by atoms with E-state index in [1.807, 2.05) is 39.8 Å². The second-order valence-electron chi connectivity index (χ2n) is 8.76. The van der Waals surface area contributed by atoms with Crippen molar-refractivity contribution < 1.29 is 14.3 Å². The predicted octanol–water partition coefficient (Wildman–Crippen LogP) is 3.12. The Morgan fingerprint density at radius 3 is 2.48 bits per heavy atom. The van der Waals surface area contributed by atoms with E-state index in [1.165, 1.54) is 19.3 Å². The Morgan fingerprint density at radius 2 is 1.85 bits per heavy atom. The van der Waals surface area contributed by atoms with Gasteiger partial charge in [0, 0.05) is 38.7 Å². The Labute approximate surface area is 161 Å². The highest BCUT2D eigenvalue weighted by molar-refractivity contribution is 5.94. The van der Waals surface area contributed by atoms with Gasteiger partial charge in [0.2, 0.25) is 0 Å². The number of carbonyl (C=O) groups is 2. The first-order chi connectivity index (χ1) is 12.7. The summed E-state index contributed by atoms with van der Waals surface area (Å²) in [4.78, 5) is 29.3. The van der Waals surface area contributed by atoms with Gasteiger partial charge in [-0.1, -0.05) is 19.3 Å². The van der Waals surface area contributed by atoms with Crippen molar-refractivity contribution in [1.82, 2.24) is 19.6 Å². The number of carbonyl (C=O) groups excluding carboxylic acids is 2. The number of amides is 2. The van der Waals surface area contributed by atoms with Crippen molar-refractivity contribution in [3.63, 3.8) is 0 Å².